The van der Waals surface area contributed by atoms with Crippen LogP contribution < -0.4 is 18.9 Å². The number of tetrazole rings is 1. The Balaban J connectivity index is 1.82. The van der Waals surface area contributed by atoms with Gasteiger partial charge in [-0.1, -0.05) is 39.0 Å². The first kappa shape index (κ1) is 26.9. The zero-order valence-electron chi connectivity index (χ0n) is 21.4. The van der Waals surface area contributed by atoms with E-state index in [1.807, 2.05) is 20.8 Å². The van der Waals surface area contributed by atoms with Crippen molar-refractivity contribution in [3.63, 3.8) is 0 Å². The third kappa shape index (κ3) is 6.21. The highest BCUT2D eigenvalue weighted by molar-refractivity contribution is 7.92. The van der Waals surface area contributed by atoms with Crippen molar-refractivity contribution in [3.8, 4) is 34.4 Å². The molecule has 0 spiro atoms. The third-order valence-electron chi connectivity index (χ3n) is 5.54. The van der Waals surface area contributed by atoms with Gasteiger partial charge in [0, 0.05) is 11.6 Å². The molecule has 1 heterocycles. The quantitative estimate of drug-likeness (QED) is 0.270. The van der Waals surface area contributed by atoms with E-state index in [4.69, 9.17) is 14.2 Å². The van der Waals surface area contributed by atoms with Crippen molar-refractivity contribution in [2.24, 2.45) is 0 Å². The van der Waals surface area contributed by atoms with Gasteiger partial charge in [-0.25, -0.2) is 8.42 Å². The minimum atomic E-state index is -4.05. The summed E-state index contributed by atoms with van der Waals surface area (Å²) in [4.78, 5) is 0.0700. The van der Waals surface area contributed by atoms with Crippen LogP contribution in [0.4, 0.5) is 5.69 Å². The molecule has 0 fully saturated rings. The average molecular weight is 540 g/mol. The van der Waals surface area contributed by atoms with E-state index in [9.17, 15) is 13.5 Å². The smallest absolute Gasteiger partial charge is 0.262 e. The van der Waals surface area contributed by atoms with Crippen molar-refractivity contribution in [2.45, 2.75) is 31.1 Å². The van der Waals surface area contributed by atoms with Gasteiger partial charge in [-0.3, -0.25) is 4.72 Å². The molecule has 12 heteroatoms. The summed E-state index contributed by atoms with van der Waals surface area (Å²) in [5.41, 5.74) is 1.34. The molecule has 4 rings (SSSR count). The highest BCUT2D eigenvalue weighted by atomic mass is 32.2. The van der Waals surface area contributed by atoms with Crippen LogP contribution in [0.25, 0.3) is 11.4 Å². The Morgan fingerprint density at radius 2 is 1.76 bits per heavy atom. The summed E-state index contributed by atoms with van der Waals surface area (Å²) in [6, 6.07) is 16.6. The van der Waals surface area contributed by atoms with E-state index >= 15 is 0 Å². The molecule has 38 heavy (non-hydrogen) atoms. The Hall–Kier alpha value is -4.16. The topological polar surface area (TPSA) is 149 Å². The third-order valence-corrected chi connectivity index (χ3v) is 6.92. The van der Waals surface area contributed by atoms with Crippen molar-refractivity contribution in [1.82, 2.24) is 20.6 Å². The Labute approximate surface area is 220 Å². The van der Waals surface area contributed by atoms with Crippen molar-refractivity contribution in [3.05, 3.63) is 66.2 Å². The van der Waals surface area contributed by atoms with Gasteiger partial charge in [0.2, 0.25) is 5.82 Å². The fourth-order valence-electron chi connectivity index (χ4n) is 3.58. The number of H-pyrrole nitrogens is 1. The van der Waals surface area contributed by atoms with Crippen LogP contribution >= 0.6 is 0 Å². The van der Waals surface area contributed by atoms with Gasteiger partial charge in [0.15, 0.2) is 11.5 Å². The highest BCUT2D eigenvalue weighted by Gasteiger charge is 2.24. The maximum Gasteiger partial charge on any atom is 0.262 e. The van der Waals surface area contributed by atoms with Gasteiger partial charge in [-0.2, -0.15) is 5.21 Å². The summed E-state index contributed by atoms with van der Waals surface area (Å²) in [6.07, 6.45) is 0. The van der Waals surface area contributed by atoms with Gasteiger partial charge in [-0.15, -0.1) is 10.2 Å². The van der Waals surface area contributed by atoms with Crippen molar-refractivity contribution in [2.75, 3.05) is 25.0 Å². The molecule has 0 atom stereocenters. The number of anilines is 1. The van der Waals surface area contributed by atoms with Crippen LogP contribution in [0.3, 0.4) is 0 Å². The van der Waals surface area contributed by atoms with Crippen LogP contribution in [0.1, 0.15) is 26.3 Å². The Morgan fingerprint density at radius 3 is 2.39 bits per heavy atom. The van der Waals surface area contributed by atoms with Gasteiger partial charge >= 0.3 is 0 Å². The van der Waals surface area contributed by atoms with Crippen molar-refractivity contribution in [1.29, 1.82) is 0 Å². The van der Waals surface area contributed by atoms with Gasteiger partial charge < -0.3 is 19.3 Å². The molecule has 11 nitrogen and oxygen atoms in total. The number of nitrogens with zero attached hydrogens (tertiary/aromatic N) is 3. The first-order chi connectivity index (χ1) is 18.1. The maximum atomic E-state index is 13.5. The molecule has 3 N–H and O–H groups in total. The number of aliphatic hydroxyl groups excluding tert-OH is 1. The molecule has 4 aromatic rings. The van der Waals surface area contributed by atoms with Crippen molar-refractivity contribution >= 4 is 15.7 Å². The lowest BCUT2D eigenvalue weighted by molar-refractivity contribution is 0.198. The zero-order valence-corrected chi connectivity index (χ0v) is 22.2. The second kappa shape index (κ2) is 11.1. The van der Waals surface area contributed by atoms with E-state index in [2.05, 4.69) is 25.3 Å². The lowest BCUT2D eigenvalue weighted by Crippen LogP contribution is -2.16. The van der Waals surface area contributed by atoms with E-state index < -0.39 is 10.0 Å². The largest absolute Gasteiger partial charge is 0.497 e. The number of rotatable bonds is 10. The molecule has 0 bridgehead atoms. The number of sulfonamides is 1. The summed E-state index contributed by atoms with van der Waals surface area (Å²) in [5, 5.41) is 23.3. The molecule has 1 aromatic heterocycles. The van der Waals surface area contributed by atoms with Crippen LogP contribution in [0.2, 0.25) is 0 Å². The predicted octanol–water partition coefficient (Wildman–Crippen LogP) is 4.14. The summed E-state index contributed by atoms with van der Waals surface area (Å²) in [7, 11) is -2.52. The summed E-state index contributed by atoms with van der Waals surface area (Å²) >= 11 is 0. The minimum Gasteiger partial charge on any atom is -0.497 e. The van der Waals surface area contributed by atoms with E-state index in [1.54, 1.807) is 54.6 Å². The van der Waals surface area contributed by atoms with Gasteiger partial charge in [0.05, 0.1) is 24.3 Å². The molecule has 0 aliphatic rings. The summed E-state index contributed by atoms with van der Waals surface area (Å²) in [5.74, 6) is 1.37. The summed E-state index contributed by atoms with van der Waals surface area (Å²) < 4.78 is 46.7. The number of aliphatic hydroxyl groups is 1. The standard InChI is InChI=1S/C26H29N5O6S/c1-26(2,3)18-8-10-21(11-9-18)38(33,34)29-22-14-17(25-27-30-31-28-25)15-23(36-13-12-32)24(22)37-20-7-5-6-19(16-20)35-4/h5-11,14-16,29,32H,12-13H2,1-4H3,(H,27,28,30,31). The van der Waals surface area contributed by atoms with Crippen LogP contribution in [0.5, 0.6) is 23.0 Å². The van der Waals surface area contributed by atoms with E-state index in [0.29, 0.717) is 17.1 Å². The molecule has 0 aliphatic carbocycles. The van der Waals surface area contributed by atoms with Crippen LogP contribution in [0, 0.1) is 0 Å². The molecule has 200 valence electrons. The Bertz CT molecular complexity index is 1480. The molecule has 0 radical (unpaired) electrons. The second-order valence-electron chi connectivity index (χ2n) is 9.32. The van der Waals surface area contributed by atoms with E-state index in [0.717, 1.165) is 5.56 Å². The molecular formula is C26H29N5O6S. The fraction of sp³-hybridized carbons (Fsp3) is 0.269. The fourth-order valence-corrected chi connectivity index (χ4v) is 4.63. The second-order valence-corrected chi connectivity index (χ2v) is 11.0. The number of ether oxygens (including phenoxy) is 3. The number of hydrogen-bond acceptors (Lipinski definition) is 9. The Kier molecular flexibility index (Phi) is 7.83. The lowest BCUT2D eigenvalue weighted by atomic mass is 9.87. The number of benzene rings is 3. The molecule has 0 aliphatic heterocycles. The number of nitrogens with one attached hydrogen (secondary N) is 2. The molecule has 0 unspecified atom stereocenters. The van der Waals surface area contributed by atoms with E-state index in [-0.39, 0.29) is 46.5 Å². The maximum absolute atomic E-state index is 13.5. The van der Waals surface area contributed by atoms with E-state index in [1.165, 1.54) is 13.2 Å². The normalized spacial score (nSPS) is 11.7. The van der Waals surface area contributed by atoms with Gasteiger partial charge in [0.25, 0.3) is 10.0 Å². The molecular weight excluding hydrogens is 510 g/mol. The van der Waals surface area contributed by atoms with Crippen molar-refractivity contribution < 1.29 is 27.7 Å². The van der Waals surface area contributed by atoms with Gasteiger partial charge in [-0.05, 0) is 52.6 Å². The number of aromatic nitrogens is 4. The summed E-state index contributed by atoms with van der Waals surface area (Å²) in [6.45, 7) is 5.81. The highest BCUT2D eigenvalue weighted by Crippen LogP contribution is 2.43. The first-order valence-electron chi connectivity index (χ1n) is 11.7. The molecule has 0 amide bonds. The van der Waals surface area contributed by atoms with Crippen LogP contribution in [-0.2, 0) is 15.4 Å². The Morgan fingerprint density at radius 1 is 1.03 bits per heavy atom. The number of hydrogen-bond donors (Lipinski definition) is 3. The lowest BCUT2D eigenvalue weighted by Gasteiger charge is -2.20. The zero-order chi connectivity index (χ0) is 27.3. The molecule has 0 saturated heterocycles. The minimum absolute atomic E-state index is 0.0649. The predicted molar refractivity (Wildman–Crippen MR) is 141 cm³/mol. The average Bonchev–Trinajstić information content (AvgIpc) is 3.43. The number of methoxy groups -OCH3 is 1. The monoisotopic (exact) mass is 539 g/mol. The number of aromatic amines is 1. The van der Waals surface area contributed by atoms with Crippen LogP contribution in [0.15, 0.2) is 65.6 Å². The molecule has 0 saturated carbocycles. The van der Waals surface area contributed by atoms with Gasteiger partial charge in [0.1, 0.15) is 18.1 Å². The molecule has 3 aromatic carbocycles. The SMILES string of the molecule is COc1cccc(Oc2c(NS(=O)(=O)c3ccc(C(C)(C)C)cc3)cc(-c3nn[nH]n3)cc2OCCO)c1. The first-order valence-corrected chi connectivity index (χ1v) is 13.2. The van der Waals surface area contributed by atoms with Crippen LogP contribution in [-0.4, -0.2) is 54.5 Å².